The highest BCUT2D eigenvalue weighted by Crippen LogP contribution is 2.07. The molecule has 0 aliphatic heterocycles. The summed E-state index contributed by atoms with van der Waals surface area (Å²) in [6, 6.07) is 8.28. The van der Waals surface area contributed by atoms with Crippen LogP contribution >= 0.6 is 11.6 Å². The quantitative estimate of drug-likeness (QED) is 0.578. The average molecular weight is 214 g/mol. The molecule has 0 bridgehead atoms. The van der Waals surface area contributed by atoms with Crippen LogP contribution in [0.25, 0.3) is 0 Å². The van der Waals surface area contributed by atoms with Gasteiger partial charge in [0.2, 0.25) is 0 Å². The van der Waals surface area contributed by atoms with Crippen LogP contribution in [0.1, 0.15) is 11.1 Å². The van der Waals surface area contributed by atoms with Crippen molar-refractivity contribution in [3.63, 3.8) is 0 Å². The molecule has 14 heavy (non-hydrogen) atoms. The van der Waals surface area contributed by atoms with Crippen molar-refractivity contribution in [2.24, 2.45) is 0 Å². The number of halogens is 1. The smallest absolute Gasteiger partial charge is 0.0587 e. The Kier molecular flexibility index (Phi) is 5.60. The summed E-state index contributed by atoms with van der Waals surface area (Å²) in [4.78, 5) is 0. The zero-order valence-electron chi connectivity index (χ0n) is 8.42. The van der Waals surface area contributed by atoms with Crippen molar-refractivity contribution >= 4 is 11.6 Å². The molecule has 0 heterocycles. The maximum atomic E-state index is 5.74. The first-order chi connectivity index (χ1) is 6.86. The second kappa shape index (κ2) is 6.82. The highest BCUT2D eigenvalue weighted by molar-refractivity contribution is 6.17. The van der Waals surface area contributed by atoms with E-state index in [2.05, 4.69) is 17.4 Å². The van der Waals surface area contributed by atoms with Crippen LogP contribution in [-0.4, -0.2) is 20.3 Å². The normalized spacial score (nSPS) is 10.4. The molecule has 0 radical (unpaired) electrons. The van der Waals surface area contributed by atoms with Gasteiger partial charge < -0.3 is 10.1 Å². The molecule has 0 atom stereocenters. The number of benzene rings is 1. The Balaban J connectivity index is 2.34. The van der Waals surface area contributed by atoms with Crippen LogP contribution in [-0.2, 0) is 17.2 Å². The molecule has 0 aliphatic carbocycles. The highest BCUT2D eigenvalue weighted by Gasteiger charge is 1.94. The van der Waals surface area contributed by atoms with E-state index >= 15 is 0 Å². The summed E-state index contributed by atoms with van der Waals surface area (Å²) < 4.78 is 4.94. The van der Waals surface area contributed by atoms with Crippen LogP contribution in [0.2, 0.25) is 0 Å². The zero-order chi connectivity index (χ0) is 10.2. The first kappa shape index (κ1) is 11.5. The maximum Gasteiger partial charge on any atom is 0.0587 e. The van der Waals surface area contributed by atoms with Gasteiger partial charge in [-0.15, -0.1) is 11.6 Å². The van der Waals surface area contributed by atoms with Crippen molar-refractivity contribution < 1.29 is 4.74 Å². The predicted molar refractivity (Wildman–Crippen MR) is 59.6 cm³/mol. The number of methoxy groups -OCH3 is 1. The lowest BCUT2D eigenvalue weighted by Crippen LogP contribution is -2.18. The number of ether oxygens (including phenoxy) is 1. The van der Waals surface area contributed by atoms with E-state index in [-0.39, 0.29) is 0 Å². The van der Waals surface area contributed by atoms with Crippen molar-refractivity contribution in [3.05, 3.63) is 35.4 Å². The lowest BCUT2D eigenvalue weighted by molar-refractivity contribution is 0.199. The van der Waals surface area contributed by atoms with E-state index in [1.165, 1.54) is 5.56 Å². The first-order valence-corrected chi connectivity index (χ1v) is 5.23. The van der Waals surface area contributed by atoms with Crippen LogP contribution in [0.3, 0.4) is 0 Å². The third kappa shape index (κ3) is 4.09. The third-order valence-electron chi connectivity index (χ3n) is 1.96. The fourth-order valence-electron chi connectivity index (χ4n) is 1.23. The summed E-state index contributed by atoms with van der Waals surface area (Å²) >= 11 is 5.74. The monoisotopic (exact) mass is 213 g/mol. The molecule has 0 aliphatic rings. The van der Waals surface area contributed by atoms with E-state index in [4.69, 9.17) is 16.3 Å². The van der Waals surface area contributed by atoms with Crippen molar-refractivity contribution in [1.29, 1.82) is 0 Å². The summed E-state index contributed by atoms with van der Waals surface area (Å²) in [6.45, 7) is 2.49. The van der Waals surface area contributed by atoms with Gasteiger partial charge in [-0.05, 0) is 11.1 Å². The molecule has 78 valence electrons. The molecule has 1 rings (SSSR count). The zero-order valence-corrected chi connectivity index (χ0v) is 9.18. The summed E-state index contributed by atoms with van der Waals surface area (Å²) in [7, 11) is 1.70. The van der Waals surface area contributed by atoms with E-state index in [9.17, 15) is 0 Å². The molecule has 3 heteroatoms. The van der Waals surface area contributed by atoms with Gasteiger partial charge in [-0.3, -0.25) is 0 Å². The minimum Gasteiger partial charge on any atom is -0.383 e. The average Bonchev–Trinajstić information content (AvgIpc) is 2.25. The molecule has 0 saturated carbocycles. The van der Waals surface area contributed by atoms with Crippen molar-refractivity contribution in [1.82, 2.24) is 5.32 Å². The molecule has 1 N–H and O–H groups in total. The van der Waals surface area contributed by atoms with E-state index in [1.807, 2.05) is 12.1 Å². The largest absolute Gasteiger partial charge is 0.383 e. The van der Waals surface area contributed by atoms with Gasteiger partial charge >= 0.3 is 0 Å². The summed E-state index contributed by atoms with van der Waals surface area (Å²) in [5.41, 5.74) is 2.43. The first-order valence-electron chi connectivity index (χ1n) is 4.70. The Morgan fingerprint density at radius 1 is 1.36 bits per heavy atom. The molecule has 0 unspecified atom stereocenters. The molecular formula is C11H16ClNO. The summed E-state index contributed by atoms with van der Waals surface area (Å²) in [6.07, 6.45) is 0. The van der Waals surface area contributed by atoms with Gasteiger partial charge in [-0.25, -0.2) is 0 Å². The maximum absolute atomic E-state index is 5.74. The van der Waals surface area contributed by atoms with Crippen LogP contribution in [0.5, 0.6) is 0 Å². The number of hydrogen-bond acceptors (Lipinski definition) is 2. The van der Waals surface area contributed by atoms with Crippen LogP contribution in [0.4, 0.5) is 0 Å². The van der Waals surface area contributed by atoms with Gasteiger partial charge in [0.15, 0.2) is 0 Å². The second-order valence-electron chi connectivity index (χ2n) is 3.12. The fourth-order valence-corrected chi connectivity index (χ4v) is 1.40. The third-order valence-corrected chi connectivity index (χ3v) is 2.27. The van der Waals surface area contributed by atoms with Gasteiger partial charge in [-0.1, -0.05) is 24.3 Å². The van der Waals surface area contributed by atoms with E-state index in [0.717, 1.165) is 25.3 Å². The van der Waals surface area contributed by atoms with Gasteiger partial charge in [0.05, 0.1) is 6.61 Å². The minimum absolute atomic E-state index is 0.575. The topological polar surface area (TPSA) is 21.3 Å². The molecular weight excluding hydrogens is 198 g/mol. The molecule has 1 aromatic carbocycles. The number of rotatable bonds is 6. The fraction of sp³-hybridized carbons (Fsp3) is 0.455. The van der Waals surface area contributed by atoms with Crippen molar-refractivity contribution in [2.45, 2.75) is 12.4 Å². The van der Waals surface area contributed by atoms with Crippen LogP contribution in [0.15, 0.2) is 24.3 Å². The standard InChI is InChI=1S/C11H16ClNO/c1-14-6-5-13-9-11-4-2-3-10(7-11)8-12/h2-4,7,13H,5-6,8-9H2,1H3. The van der Waals surface area contributed by atoms with Crippen molar-refractivity contribution in [3.8, 4) is 0 Å². The molecule has 2 nitrogen and oxygen atoms in total. The van der Waals surface area contributed by atoms with E-state index < -0.39 is 0 Å². The molecule has 0 spiro atoms. The number of hydrogen-bond donors (Lipinski definition) is 1. The SMILES string of the molecule is COCCNCc1cccc(CCl)c1. The van der Waals surface area contributed by atoms with Gasteiger partial charge in [0.1, 0.15) is 0 Å². The summed E-state index contributed by atoms with van der Waals surface area (Å²) in [5, 5.41) is 3.29. The lowest BCUT2D eigenvalue weighted by Gasteiger charge is -2.05. The number of alkyl halides is 1. The van der Waals surface area contributed by atoms with E-state index in [1.54, 1.807) is 7.11 Å². The highest BCUT2D eigenvalue weighted by atomic mass is 35.5. The molecule has 1 aromatic rings. The number of nitrogens with one attached hydrogen (secondary N) is 1. The van der Waals surface area contributed by atoms with Crippen LogP contribution in [0, 0.1) is 0 Å². The lowest BCUT2D eigenvalue weighted by atomic mass is 10.1. The molecule has 0 fully saturated rings. The van der Waals surface area contributed by atoms with Gasteiger partial charge in [0.25, 0.3) is 0 Å². The molecule has 0 amide bonds. The Labute approximate surface area is 90.2 Å². The van der Waals surface area contributed by atoms with Gasteiger partial charge in [0, 0.05) is 26.1 Å². The van der Waals surface area contributed by atoms with Crippen molar-refractivity contribution in [2.75, 3.05) is 20.3 Å². The van der Waals surface area contributed by atoms with Gasteiger partial charge in [-0.2, -0.15) is 0 Å². The Hall–Kier alpha value is -0.570. The van der Waals surface area contributed by atoms with Crippen LogP contribution < -0.4 is 5.32 Å². The second-order valence-corrected chi connectivity index (χ2v) is 3.39. The Morgan fingerprint density at radius 3 is 2.86 bits per heavy atom. The Bertz CT molecular complexity index is 265. The molecule has 0 saturated heterocycles. The predicted octanol–water partition coefficient (Wildman–Crippen LogP) is 2.16. The summed E-state index contributed by atoms with van der Waals surface area (Å²) in [5.74, 6) is 0.575. The Morgan fingerprint density at radius 2 is 2.14 bits per heavy atom. The van der Waals surface area contributed by atoms with E-state index in [0.29, 0.717) is 5.88 Å². The minimum atomic E-state index is 0.575. The molecule has 0 aromatic heterocycles.